The molecule has 0 unspecified atom stereocenters. The Labute approximate surface area is 145 Å². The van der Waals surface area contributed by atoms with E-state index in [0.717, 1.165) is 30.9 Å². The van der Waals surface area contributed by atoms with Crippen molar-refractivity contribution in [2.75, 3.05) is 31.9 Å². The van der Waals surface area contributed by atoms with Gasteiger partial charge in [0.15, 0.2) is 0 Å². The molecule has 1 heterocycles. The molecule has 0 aromatic heterocycles. The van der Waals surface area contributed by atoms with Gasteiger partial charge in [-0.15, -0.1) is 0 Å². The lowest BCUT2D eigenvalue weighted by molar-refractivity contribution is 0.0628. The topological polar surface area (TPSA) is 49.6 Å². The van der Waals surface area contributed by atoms with Crippen LogP contribution in [0.2, 0.25) is 5.02 Å². The normalized spacial score (nSPS) is 15.5. The lowest BCUT2D eigenvalue weighted by Crippen LogP contribution is -2.48. The molecule has 0 spiro atoms. The Balaban J connectivity index is 1.59. The first-order valence-electron chi connectivity index (χ1n) is 7.84. The molecule has 1 amide bonds. The largest absolute Gasteiger partial charge is 0.399 e. The Morgan fingerprint density at radius 2 is 1.88 bits per heavy atom. The van der Waals surface area contributed by atoms with Crippen molar-refractivity contribution < 1.29 is 9.18 Å². The number of piperazine rings is 1. The van der Waals surface area contributed by atoms with Crippen molar-refractivity contribution in [3.63, 3.8) is 0 Å². The molecule has 0 atom stereocenters. The van der Waals surface area contributed by atoms with E-state index in [1.54, 1.807) is 4.90 Å². The van der Waals surface area contributed by atoms with Crippen LogP contribution in [0.5, 0.6) is 0 Å². The predicted octanol–water partition coefficient (Wildman–Crippen LogP) is 3.02. The average molecular weight is 348 g/mol. The molecule has 2 aromatic carbocycles. The van der Waals surface area contributed by atoms with Gasteiger partial charge in [-0.2, -0.15) is 0 Å². The van der Waals surface area contributed by atoms with Gasteiger partial charge in [-0.25, -0.2) is 4.39 Å². The highest BCUT2D eigenvalue weighted by molar-refractivity contribution is 6.33. The first kappa shape index (κ1) is 16.7. The number of nitrogens with zero attached hydrogens (tertiary/aromatic N) is 2. The Bertz CT molecular complexity index is 745. The third-order valence-electron chi connectivity index (χ3n) is 4.18. The monoisotopic (exact) mass is 347 g/mol. The first-order valence-corrected chi connectivity index (χ1v) is 8.22. The number of amides is 1. The van der Waals surface area contributed by atoms with Crippen molar-refractivity contribution in [2.24, 2.45) is 0 Å². The molecule has 2 N–H and O–H groups in total. The van der Waals surface area contributed by atoms with Crippen molar-refractivity contribution in [1.29, 1.82) is 0 Å². The molecule has 1 saturated heterocycles. The maximum atomic E-state index is 13.1. The van der Waals surface area contributed by atoms with Crippen LogP contribution in [0.25, 0.3) is 0 Å². The number of hydrogen-bond acceptors (Lipinski definition) is 3. The molecular weight excluding hydrogens is 329 g/mol. The van der Waals surface area contributed by atoms with Crippen molar-refractivity contribution >= 4 is 23.2 Å². The zero-order valence-electron chi connectivity index (χ0n) is 13.2. The van der Waals surface area contributed by atoms with Gasteiger partial charge in [0.1, 0.15) is 5.82 Å². The molecule has 24 heavy (non-hydrogen) atoms. The number of benzene rings is 2. The standard InChI is InChI=1S/C18H19ClFN3O/c19-17-11-14(20)4-5-16(17)18(24)23-8-6-22(7-9-23)12-13-2-1-3-15(21)10-13/h1-5,10-11H,6-9,12,21H2. The highest BCUT2D eigenvalue weighted by atomic mass is 35.5. The zero-order chi connectivity index (χ0) is 17.1. The fourth-order valence-electron chi connectivity index (χ4n) is 2.89. The fraction of sp³-hybridized carbons (Fsp3) is 0.278. The summed E-state index contributed by atoms with van der Waals surface area (Å²) >= 11 is 5.98. The zero-order valence-corrected chi connectivity index (χ0v) is 14.0. The molecule has 1 aliphatic rings. The Morgan fingerprint density at radius 1 is 1.12 bits per heavy atom. The smallest absolute Gasteiger partial charge is 0.255 e. The maximum absolute atomic E-state index is 13.1. The van der Waals surface area contributed by atoms with E-state index in [2.05, 4.69) is 4.90 Å². The van der Waals surface area contributed by atoms with Gasteiger partial charge in [0.25, 0.3) is 5.91 Å². The lowest BCUT2D eigenvalue weighted by Gasteiger charge is -2.35. The van der Waals surface area contributed by atoms with Crippen molar-refractivity contribution in [2.45, 2.75) is 6.54 Å². The molecular formula is C18H19ClFN3O. The highest BCUT2D eigenvalue weighted by Gasteiger charge is 2.23. The van der Waals surface area contributed by atoms with E-state index in [1.807, 2.05) is 24.3 Å². The van der Waals surface area contributed by atoms with Crippen LogP contribution in [-0.2, 0) is 6.54 Å². The quantitative estimate of drug-likeness (QED) is 0.868. The summed E-state index contributed by atoms with van der Waals surface area (Å²) in [5.41, 5.74) is 8.07. The van der Waals surface area contributed by atoms with Crippen LogP contribution in [0.15, 0.2) is 42.5 Å². The van der Waals surface area contributed by atoms with Gasteiger partial charge >= 0.3 is 0 Å². The van der Waals surface area contributed by atoms with Gasteiger partial charge in [0, 0.05) is 38.4 Å². The maximum Gasteiger partial charge on any atom is 0.255 e. The van der Waals surface area contributed by atoms with Crippen LogP contribution < -0.4 is 5.73 Å². The number of nitrogens with two attached hydrogens (primary N) is 1. The number of halogens is 2. The summed E-state index contributed by atoms with van der Waals surface area (Å²) in [6, 6.07) is 11.7. The minimum absolute atomic E-state index is 0.149. The van der Waals surface area contributed by atoms with Crippen LogP contribution in [-0.4, -0.2) is 41.9 Å². The minimum atomic E-state index is -0.441. The third-order valence-corrected chi connectivity index (χ3v) is 4.49. The van der Waals surface area contributed by atoms with E-state index in [9.17, 15) is 9.18 Å². The van der Waals surface area contributed by atoms with E-state index in [0.29, 0.717) is 18.7 Å². The molecule has 1 aliphatic heterocycles. The van der Waals surface area contributed by atoms with Crippen molar-refractivity contribution in [3.8, 4) is 0 Å². The average Bonchev–Trinajstić information content (AvgIpc) is 2.55. The summed E-state index contributed by atoms with van der Waals surface area (Å²) in [5.74, 6) is -0.591. The summed E-state index contributed by atoms with van der Waals surface area (Å²) in [6.07, 6.45) is 0. The number of hydrogen-bond donors (Lipinski definition) is 1. The third kappa shape index (κ3) is 3.86. The van der Waals surface area contributed by atoms with Gasteiger partial charge < -0.3 is 10.6 Å². The molecule has 6 heteroatoms. The second-order valence-electron chi connectivity index (χ2n) is 5.94. The highest BCUT2D eigenvalue weighted by Crippen LogP contribution is 2.20. The summed E-state index contributed by atoms with van der Waals surface area (Å²) in [5, 5.41) is 0.155. The molecule has 3 rings (SSSR count). The van der Waals surface area contributed by atoms with Crippen LogP contribution in [0.1, 0.15) is 15.9 Å². The molecule has 0 saturated carbocycles. The predicted molar refractivity (Wildman–Crippen MR) is 93.4 cm³/mol. The summed E-state index contributed by atoms with van der Waals surface area (Å²) in [4.78, 5) is 16.6. The fourth-order valence-corrected chi connectivity index (χ4v) is 3.14. The van der Waals surface area contributed by atoms with Gasteiger partial charge in [-0.05, 0) is 35.9 Å². The second-order valence-corrected chi connectivity index (χ2v) is 6.34. The van der Waals surface area contributed by atoms with Crippen LogP contribution in [0, 0.1) is 5.82 Å². The van der Waals surface area contributed by atoms with E-state index < -0.39 is 5.82 Å². The molecule has 1 fully saturated rings. The van der Waals surface area contributed by atoms with Gasteiger partial charge in [0.2, 0.25) is 0 Å². The Hall–Kier alpha value is -2.11. The van der Waals surface area contributed by atoms with Gasteiger partial charge in [-0.3, -0.25) is 9.69 Å². The van der Waals surface area contributed by atoms with Crippen molar-refractivity contribution in [3.05, 3.63) is 64.4 Å². The first-order chi connectivity index (χ1) is 11.5. The Kier molecular flexibility index (Phi) is 5.02. The number of rotatable bonds is 3. The van der Waals surface area contributed by atoms with E-state index >= 15 is 0 Å². The lowest BCUT2D eigenvalue weighted by atomic mass is 10.1. The Morgan fingerprint density at radius 3 is 2.54 bits per heavy atom. The molecule has 126 valence electrons. The molecule has 0 aliphatic carbocycles. The molecule has 2 aromatic rings. The van der Waals surface area contributed by atoms with Crippen LogP contribution in [0.4, 0.5) is 10.1 Å². The van der Waals surface area contributed by atoms with E-state index in [1.165, 1.54) is 18.2 Å². The second kappa shape index (κ2) is 7.20. The number of carbonyl (C=O) groups is 1. The van der Waals surface area contributed by atoms with E-state index in [4.69, 9.17) is 17.3 Å². The molecule has 4 nitrogen and oxygen atoms in total. The number of carbonyl (C=O) groups excluding carboxylic acids is 1. The summed E-state index contributed by atoms with van der Waals surface area (Å²) < 4.78 is 13.1. The summed E-state index contributed by atoms with van der Waals surface area (Å²) in [6.45, 7) is 3.60. The molecule has 0 radical (unpaired) electrons. The van der Waals surface area contributed by atoms with Crippen LogP contribution >= 0.6 is 11.6 Å². The summed E-state index contributed by atoms with van der Waals surface area (Å²) in [7, 11) is 0. The van der Waals surface area contributed by atoms with Gasteiger partial charge in [-0.1, -0.05) is 23.7 Å². The van der Waals surface area contributed by atoms with Crippen LogP contribution in [0.3, 0.4) is 0 Å². The SMILES string of the molecule is Nc1cccc(CN2CCN(C(=O)c3ccc(F)cc3Cl)CC2)c1. The number of nitrogen functional groups attached to an aromatic ring is 1. The van der Waals surface area contributed by atoms with Crippen molar-refractivity contribution in [1.82, 2.24) is 9.80 Å². The minimum Gasteiger partial charge on any atom is -0.399 e. The number of anilines is 1. The van der Waals surface area contributed by atoms with Gasteiger partial charge in [0.05, 0.1) is 10.6 Å². The van der Waals surface area contributed by atoms with E-state index in [-0.39, 0.29) is 10.9 Å². The molecule has 0 bridgehead atoms.